The summed E-state index contributed by atoms with van der Waals surface area (Å²) in [6.45, 7) is 1.49. The predicted molar refractivity (Wildman–Crippen MR) is 71.1 cm³/mol. The summed E-state index contributed by atoms with van der Waals surface area (Å²) in [6, 6.07) is 0. The van der Waals surface area contributed by atoms with Crippen molar-refractivity contribution in [1.82, 2.24) is 5.32 Å². The Balaban J connectivity index is 2.29. The average Bonchev–Trinajstić information content (AvgIpc) is 2.28. The van der Waals surface area contributed by atoms with Crippen LogP contribution in [0.3, 0.4) is 0 Å². The largest absolute Gasteiger partial charge is 0.350 e. The molecule has 2 rings (SSSR count). The minimum absolute atomic E-state index is 0.0994. The Hall–Kier alpha value is -0.580. The minimum Gasteiger partial charge on any atom is -0.350 e. The number of sulfone groups is 1. The Morgan fingerprint density at radius 2 is 1.78 bits per heavy atom. The van der Waals surface area contributed by atoms with Crippen LogP contribution in [0.5, 0.6) is 0 Å². The normalized spacial score (nSPS) is 30.6. The van der Waals surface area contributed by atoms with E-state index in [0.717, 1.165) is 44.9 Å². The van der Waals surface area contributed by atoms with Gasteiger partial charge in [-0.05, 0) is 25.7 Å². The Bertz CT molecular complexity index is 410. The molecule has 0 aromatic carbocycles. The van der Waals surface area contributed by atoms with Gasteiger partial charge in [0.1, 0.15) is 0 Å². The molecule has 0 radical (unpaired) electrons. The molecule has 4 nitrogen and oxygen atoms in total. The number of carbonyl (C=O) groups is 1. The Labute approximate surface area is 109 Å². The molecule has 0 bridgehead atoms. The number of nitrogens with one attached hydrogen (secondary N) is 1. The molecule has 1 saturated carbocycles. The summed E-state index contributed by atoms with van der Waals surface area (Å²) < 4.78 is 24.6. The molecule has 1 saturated heterocycles. The zero-order valence-electron chi connectivity index (χ0n) is 11.1. The van der Waals surface area contributed by atoms with E-state index in [1.54, 1.807) is 0 Å². The van der Waals surface area contributed by atoms with Gasteiger partial charge in [0.2, 0.25) is 5.91 Å². The van der Waals surface area contributed by atoms with Gasteiger partial charge in [0.25, 0.3) is 0 Å². The molecule has 1 aliphatic heterocycles. The first-order valence-electron chi connectivity index (χ1n) is 6.97. The first-order valence-corrected chi connectivity index (χ1v) is 8.68. The lowest BCUT2D eigenvalue weighted by Gasteiger charge is -2.45. The SMILES string of the molecule is CC(=O)NC1([C@@H]2CCCCS2(=O)=O)CCCCC1. The molecular weight excluding hydrogens is 250 g/mol. The lowest BCUT2D eigenvalue weighted by atomic mass is 9.77. The molecule has 0 aromatic rings. The maximum absolute atomic E-state index is 12.3. The number of carbonyl (C=O) groups excluding carboxylic acids is 1. The third-order valence-corrected chi connectivity index (χ3v) is 6.78. The summed E-state index contributed by atoms with van der Waals surface area (Å²) in [5.74, 6) is 0.191. The standard InChI is InChI=1S/C13H23NO3S/c1-11(15)14-13(8-4-2-5-9-13)12-7-3-6-10-18(12,16)17/h12H,2-10H2,1H3,(H,14,15)/t12-/m0/s1. The molecule has 0 spiro atoms. The Morgan fingerprint density at radius 3 is 2.33 bits per heavy atom. The monoisotopic (exact) mass is 273 g/mol. The summed E-state index contributed by atoms with van der Waals surface area (Å²) in [5.41, 5.74) is -0.483. The van der Waals surface area contributed by atoms with Gasteiger partial charge in [-0.3, -0.25) is 4.79 Å². The van der Waals surface area contributed by atoms with E-state index in [2.05, 4.69) is 5.32 Å². The zero-order valence-corrected chi connectivity index (χ0v) is 11.9. The van der Waals surface area contributed by atoms with Gasteiger partial charge < -0.3 is 5.32 Å². The van der Waals surface area contributed by atoms with E-state index in [1.165, 1.54) is 6.92 Å². The minimum atomic E-state index is -3.04. The average molecular weight is 273 g/mol. The van der Waals surface area contributed by atoms with Gasteiger partial charge in [-0.25, -0.2) is 8.42 Å². The maximum atomic E-state index is 12.3. The number of hydrogen-bond donors (Lipinski definition) is 1. The Kier molecular flexibility index (Phi) is 3.99. The molecule has 18 heavy (non-hydrogen) atoms. The quantitative estimate of drug-likeness (QED) is 0.834. The van der Waals surface area contributed by atoms with Crippen molar-refractivity contribution in [2.24, 2.45) is 0 Å². The highest BCUT2D eigenvalue weighted by Gasteiger charge is 2.47. The van der Waals surface area contributed by atoms with Crippen molar-refractivity contribution in [2.75, 3.05) is 5.75 Å². The zero-order chi connectivity index (χ0) is 13.2. The summed E-state index contributed by atoms with van der Waals surface area (Å²) in [6.07, 6.45) is 7.27. The van der Waals surface area contributed by atoms with E-state index < -0.39 is 15.4 Å². The van der Waals surface area contributed by atoms with E-state index in [-0.39, 0.29) is 11.2 Å². The van der Waals surface area contributed by atoms with Crippen molar-refractivity contribution in [3.8, 4) is 0 Å². The third-order valence-electron chi connectivity index (χ3n) is 4.37. The second kappa shape index (κ2) is 5.19. The molecule has 1 aliphatic carbocycles. The van der Waals surface area contributed by atoms with E-state index >= 15 is 0 Å². The second-order valence-corrected chi connectivity index (χ2v) is 8.05. The number of rotatable bonds is 2. The van der Waals surface area contributed by atoms with Gasteiger partial charge in [-0.1, -0.05) is 25.7 Å². The second-order valence-electron chi connectivity index (χ2n) is 5.75. The lowest BCUT2D eigenvalue weighted by molar-refractivity contribution is -0.121. The fourth-order valence-electron chi connectivity index (χ4n) is 3.64. The van der Waals surface area contributed by atoms with Crippen LogP contribution in [-0.4, -0.2) is 30.9 Å². The van der Waals surface area contributed by atoms with Crippen molar-refractivity contribution in [3.05, 3.63) is 0 Å². The molecule has 1 amide bonds. The van der Waals surface area contributed by atoms with Gasteiger partial charge in [0, 0.05) is 6.92 Å². The highest BCUT2D eigenvalue weighted by Crippen LogP contribution is 2.38. The Morgan fingerprint density at radius 1 is 1.11 bits per heavy atom. The topological polar surface area (TPSA) is 63.2 Å². The molecule has 1 atom stereocenters. The van der Waals surface area contributed by atoms with Crippen molar-refractivity contribution in [2.45, 2.75) is 69.1 Å². The van der Waals surface area contributed by atoms with Crippen LogP contribution in [-0.2, 0) is 14.6 Å². The first-order chi connectivity index (χ1) is 8.46. The highest BCUT2D eigenvalue weighted by atomic mass is 32.2. The predicted octanol–water partition coefficient (Wildman–Crippen LogP) is 1.79. The van der Waals surface area contributed by atoms with Crippen molar-refractivity contribution in [3.63, 3.8) is 0 Å². The molecule has 2 fully saturated rings. The third kappa shape index (κ3) is 2.71. The fraction of sp³-hybridized carbons (Fsp3) is 0.923. The van der Waals surface area contributed by atoms with Gasteiger partial charge in [-0.15, -0.1) is 0 Å². The summed E-state index contributed by atoms with van der Waals surface area (Å²) in [5, 5.41) is 2.64. The highest BCUT2D eigenvalue weighted by molar-refractivity contribution is 7.92. The van der Waals surface area contributed by atoms with E-state index in [1.807, 2.05) is 0 Å². The molecule has 1 N–H and O–H groups in total. The van der Waals surface area contributed by atoms with Crippen molar-refractivity contribution < 1.29 is 13.2 Å². The van der Waals surface area contributed by atoms with Gasteiger partial charge in [-0.2, -0.15) is 0 Å². The van der Waals surface area contributed by atoms with Crippen LogP contribution in [0.15, 0.2) is 0 Å². The van der Waals surface area contributed by atoms with Gasteiger partial charge in [0.15, 0.2) is 9.84 Å². The van der Waals surface area contributed by atoms with Gasteiger partial charge in [0.05, 0.1) is 16.5 Å². The lowest BCUT2D eigenvalue weighted by Crippen LogP contribution is -2.60. The summed E-state index contributed by atoms with van der Waals surface area (Å²) in [4.78, 5) is 11.5. The fourth-order valence-corrected chi connectivity index (χ4v) is 6.03. The molecular formula is C13H23NO3S. The van der Waals surface area contributed by atoms with Crippen LogP contribution < -0.4 is 5.32 Å². The molecule has 5 heteroatoms. The van der Waals surface area contributed by atoms with Crippen LogP contribution in [0.1, 0.15) is 58.3 Å². The van der Waals surface area contributed by atoms with Crippen molar-refractivity contribution >= 4 is 15.7 Å². The summed E-state index contributed by atoms with van der Waals surface area (Å²) in [7, 11) is -3.04. The van der Waals surface area contributed by atoms with Crippen LogP contribution in [0.25, 0.3) is 0 Å². The molecule has 1 heterocycles. The molecule has 104 valence electrons. The van der Waals surface area contributed by atoms with Crippen LogP contribution >= 0.6 is 0 Å². The van der Waals surface area contributed by atoms with Crippen LogP contribution in [0.2, 0.25) is 0 Å². The van der Waals surface area contributed by atoms with E-state index in [0.29, 0.717) is 12.2 Å². The van der Waals surface area contributed by atoms with Gasteiger partial charge >= 0.3 is 0 Å². The number of amides is 1. The molecule has 0 unspecified atom stereocenters. The van der Waals surface area contributed by atoms with E-state index in [4.69, 9.17) is 0 Å². The van der Waals surface area contributed by atoms with Crippen molar-refractivity contribution in [1.29, 1.82) is 0 Å². The summed E-state index contributed by atoms with van der Waals surface area (Å²) >= 11 is 0. The van der Waals surface area contributed by atoms with E-state index in [9.17, 15) is 13.2 Å². The van der Waals surface area contributed by atoms with Crippen LogP contribution in [0.4, 0.5) is 0 Å². The number of hydrogen-bond acceptors (Lipinski definition) is 3. The maximum Gasteiger partial charge on any atom is 0.217 e. The van der Waals surface area contributed by atoms with Crippen LogP contribution in [0, 0.1) is 0 Å². The first kappa shape index (κ1) is 13.8. The molecule has 0 aromatic heterocycles. The molecule has 2 aliphatic rings. The smallest absolute Gasteiger partial charge is 0.217 e.